The molecule has 1 fully saturated rings. The fraction of sp³-hybridized carbons (Fsp3) is 0.350. The number of rotatable bonds is 5. The van der Waals surface area contributed by atoms with Gasteiger partial charge in [-0.3, -0.25) is 4.79 Å². The molecule has 4 nitrogen and oxygen atoms in total. The highest BCUT2D eigenvalue weighted by Crippen LogP contribution is 2.24. The van der Waals surface area contributed by atoms with Crippen LogP contribution < -0.4 is 4.74 Å². The van der Waals surface area contributed by atoms with Gasteiger partial charge in [0.2, 0.25) is 0 Å². The summed E-state index contributed by atoms with van der Waals surface area (Å²) < 4.78 is 59.7. The molecule has 1 amide bonds. The van der Waals surface area contributed by atoms with Crippen LogP contribution in [0.25, 0.3) is 0 Å². The number of alkyl halides is 3. The monoisotopic (exact) mass is 397 g/mol. The molecule has 1 heterocycles. The van der Waals surface area contributed by atoms with Crippen molar-refractivity contribution in [2.75, 3.05) is 13.1 Å². The average Bonchev–Trinajstić information content (AvgIpc) is 2.66. The van der Waals surface area contributed by atoms with Crippen LogP contribution in [0, 0.1) is 5.82 Å². The van der Waals surface area contributed by atoms with Crippen molar-refractivity contribution in [3.63, 3.8) is 0 Å². The molecule has 0 spiro atoms. The summed E-state index contributed by atoms with van der Waals surface area (Å²) in [5.74, 6) is -0.910. The lowest BCUT2D eigenvalue weighted by atomic mass is 10.1. The van der Waals surface area contributed by atoms with Crippen LogP contribution in [0.2, 0.25) is 0 Å². The largest absolute Gasteiger partial charge is 0.573 e. The van der Waals surface area contributed by atoms with Gasteiger partial charge in [0, 0.05) is 18.7 Å². The molecule has 1 saturated heterocycles. The third-order valence-electron chi connectivity index (χ3n) is 4.37. The number of nitrogens with zero attached hydrogens (tertiary/aromatic N) is 1. The van der Waals surface area contributed by atoms with E-state index in [0.29, 0.717) is 24.2 Å². The normalized spacial score (nSPS) is 17.4. The molecule has 1 aliphatic heterocycles. The van der Waals surface area contributed by atoms with Crippen molar-refractivity contribution >= 4 is 5.91 Å². The van der Waals surface area contributed by atoms with E-state index >= 15 is 0 Å². The molecule has 150 valence electrons. The lowest BCUT2D eigenvalue weighted by molar-refractivity contribution is -0.274. The molecular weight excluding hydrogens is 378 g/mol. The van der Waals surface area contributed by atoms with Crippen LogP contribution >= 0.6 is 0 Å². The molecule has 2 aromatic carbocycles. The van der Waals surface area contributed by atoms with E-state index in [-0.39, 0.29) is 24.4 Å². The lowest BCUT2D eigenvalue weighted by Gasteiger charge is -2.32. The fourth-order valence-corrected chi connectivity index (χ4v) is 3.08. The average molecular weight is 397 g/mol. The zero-order valence-corrected chi connectivity index (χ0v) is 14.9. The molecule has 0 bridgehead atoms. The second kappa shape index (κ2) is 8.60. The maximum atomic E-state index is 13.0. The van der Waals surface area contributed by atoms with Gasteiger partial charge in [-0.1, -0.05) is 12.1 Å². The zero-order valence-electron chi connectivity index (χ0n) is 14.9. The van der Waals surface area contributed by atoms with E-state index in [2.05, 4.69) is 4.74 Å². The van der Waals surface area contributed by atoms with E-state index in [0.717, 1.165) is 12.8 Å². The Morgan fingerprint density at radius 3 is 2.61 bits per heavy atom. The van der Waals surface area contributed by atoms with Gasteiger partial charge in [-0.2, -0.15) is 0 Å². The lowest BCUT2D eigenvalue weighted by Crippen LogP contribution is -2.43. The van der Waals surface area contributed by atoms with Crippen LogP contribution in [0.5, 0.6) is 5.75 Å². The predicted molar refractivity (Wildman–Crippen MR) is 93.2 cm³/mol. The van der Waals surface area contributed by atoms with Gasteiger partial charge in [0.15, 0.2) is 0 Å². The molecule has 0 N–H and O–H groups in total. The number of ether oxygens (including phenoxy) is 2. The summed E-state index contributed by atoms with van der Waals surface area (Å²) in [6.45, 7) is 1.05. The first-order valence-electron chi connectivity index (χ1n) is 8.81. The number of likely N-dealkylation sites (tertiary alicyclic amines) is 1. The number of carbonyl (C=O) groups is 1. The summed E-state index contributed by atoms with van der Waals surface area (Å²) in [6.07, 6.45) is -3.49. The topological polar surface area (TPSA) is 38.8 Å². The molecule has 0 radical (unpaired) electrons. The van der Waals surface area contributed by atoms with Gasteiger partial charge in [-0.25, -0.2) is 4.39 Å². The van der Waals surface area contributed by atoms with Crippen LogP contribution in [-0.4, -0.2) is 36.4 Å². The minimum absolute atomic E-state index is 0.109. The summed E-state index contributed by atoms with van der Waals surface area (Å²) in [5, 5.41) is 0. The Labute approximate surface area is 159 Å². The number of hydrogen-bond donors (Lipinski definition) is 0. The molecule has 0 aliphatic carbocycles. The second-order valence-corrected chi connectivity index (χ2v) is 6.53. The first-order valence-corrected chi connectivity index (χ1v) is 8.81. The number of benzene rings is 2. The Morgan fingerprint density at radius 2 is 1.89 bits per heavy atom. The van der Waals surface area contributed by atoms with Gasteiger partial charge in [0.25, 0.3) is 5.91 Å². The predicted octanol–water partition coefficient (Wildman–Crippen LogP) is 4.55. The number of halogens is 4. The van der Waals surface area contributed by atoms with Crippen LogP contribution in [0.1, 0.15) is 28.8 Å². The Morgan fingerprint density at radius 1 is 1.14 bits per heavy atom. The minimum Gasteiger partial charge on any atom is -0.406 e. The first-order chi connectivity index (χ1) is 13.3. The molecule has 0 aromatic heterocycles. The van der Waals surface area contributed by atoms with Gasteiger partial charge < -0.3 is 14.4 Å². The molecule has 3 rings (SSSR count). The fourth-order valence-electron chi connectivity index (χ4n) is 3.08. The molecule has 1 atom stereocenters. The molecule has 2 aromatic rings. The zero-order chi connectivity index (χ0) is 20.1. The first kappa shape index (κ1) is 20.1. The van der Waals surface area contributed by atoms with E-state index in [1.165, 1.54) is 42.5 Å². The third-order valence-corrected chi connectivity index (χ3v) is 4.37. The summed E-state index contributed by atoms with van der Waals surface area (Å²) in [4.78, 5) is 14.2. The van der Waals surface area contributed by atoms with Crippen LogP contribution in [-0.2, 0) is 11.3 Å². The van der Waals surface area contributed by atoms with E-state index in [1.54, 1.807) is 11.0 Å². The SMILES string of the molecule is O=C(c1ccc(F)cc1)N1CCC[C@@H](OCc2cccc(OC(F)(F)F)c2)C1. The maximum Gasteiger partial charge on any atom is 0.573 e. The third kappa shape index (κ3) is 5.69. The smallest absolute Gasteiger partial charge is 0.406 e. The van der Waals surface area contributed by atoms with Crippen molar-refractivity contribution in [1.29, 1.82) is 0 Å². The molecule has 1 aliphatic rings. The van der Waals surface area contributed by atoms with Gasteiger partial charge in [-0.05, 0) is 54.8 Å². The van der Waals surface area contributed by atoms with Crippen LogP contribution in [0.4, 0.5) is 17.6 Å². The summed E-state index contributed by atoms with van der Waals surface area (Å²) in [5.41, 5.74) is 0.947. The second-order valence-electron chi connectivity index (χ2n) is 6.53. The van der Waals surface area contributed by atoms with Gasteiger partial charge in [0.05, 0.1) is 12.7 Å². The van der Waals surface area contributed by atoms with Crippen molar-refractivity contribution in [2.45, 2.75) is 31.9 Å². The molecule has 0 unspecified atom stereocenters. The highest BCUT2D eigenvalue weighted by atomic mass is 19.4. The van der Waals surface area contributed by atoms with Gasteiger partial charge >= 0.3 is 6.36 Å². The van der Waals surface area contributed by atoms with E-state index in [1.807, 2.05) is 0 Å². The van der Waals surface area contributed by atoms with Crippen molar-refractivity contribution in [3.8, 4) is 5.75 Å². The molecule has 0 saturated carbocycles. The van der Waals surface area contributed by atoms with Crippen LogP contribution in [0.3, 0.4) is 0 Å². The highest BCUT2D eigenvalue weighted by molar-refractivity contribution is 5.94. The standard InChI is InChI=1S/C20H19F4NO3/c21-16-8-6-15(7-9-16)19(26)25-10-2-5-18(12-25)27-13-14-3-1-4-17(11-14)28-20(22,23)24/h1,3-4,6-9,11,18H,2,5,10,12-13H2/t18-/m1/s1. The van der Waals surface area contributed by atoms with E-state index in [9.17, 15) is 22.4 Å². The Hall–Kier alpha value is -2.61. The van der Waals surface area contributed by atoms with Crippen molar-refractivity contribution in [2.24, 2.45) is 0 Å². The highest BCUT2D eigenvalue weighted by Gasteiger charge is 2.31. The Balaban J connectivity index is 1.56. The van der Waals surface area contributed by atoms with E-state index < -0.39 is 12.2 Å². The molecule has 28 heavy (non-hydrogen) atoms. The molecule has 8 heteroatoms. The van der Waals surface area contributed by atoms with Gasteiger partial charge in [-0.15, -0.1) is 13.2 Å². The number of hydrogen-bond acceptors (Lipinski definition) is 3. The number of amides is 1. The Kier molecular flexibility index (Phi) is 6.18. The van der Waals surface area contributed by atoms with E-state index in [4.69, 9.17) is 4.74 Å². The number of carbonyl (C=O) groups excluding carboxylic acids is 1. The van der Waals surface area contributed by atoms with Gasteiger partial charge in [0.1, 0.15) is 11.6 Å². The summed E-state index contributed by atoms with van der Waals surface area (Å²) in [6, 6.07) is 11.0. The Bertz CT molecular complexity index is 808. The quantitative estimate of drug-likeness (QED) is 0.695. The maximum absolute atomic E-state index is 13.0. The summed E-state index contributed by atoms with van der Waals surface area (Å²) in [7, 11) is 0. The van der Waals surface area contributed by atoms with Crippen molar-refractivity contribution < 1.29 is 31.8 Å². The molecular formula is C20H19F4NO3. The summed E-state index contributed by atoms with van der Waals surface area (Å²) >= 11 is 0. The van der Waals surface area contributed by atoms with Crippen molar-refractivity contribution in [1.82, 2.24) is 4.90 Å². The minimum atomic E-state index is -4.75. The number of piperidine rings is 1. The van der Waals surface area contributed by atoms with Crippen molar-refractivity contribution in [3.05, 3.63) is 65.5 Å². The van der Waals surface area contributed by atoms with Crippen LogP contribution in [0.15, 0.2) is 48.5 Å².